The van der Waals surface area contributed by atoms with Crippen LogP contribution in [0.5, 0.6) is 0 Å². The molecule has 2 amide bonds. The summed E-state index contributed by atoms with van der Waals surface area (Å²) in [6, 6.07) is 3.45. The van der Waals surface area contributed by atoms with E-state index in [9.17, 15) is 14.0 Å². The van der Waals surface area contributed by atoms with Crippen LogP contribution >= 0.6 is 11.6 Å². The molecule has 0 radical (unpaired) electrons. The Morgan fingerprint density at radius 3 is 2.74 bits per heavy atom. The van der Waals surface area contributed by atoms with Crippen molar-refractivity contribution in [1.29, 1.82) is 0 Å². The highest BCUT2D eigenvalue weighted by atomic mass is 35.5. The van der Waals surface area contributed by atoms with Crippen LogP contribution in [0.2, 0.25) is 5.02 Å². The molecule has 0 saturated heterocycles. The molecule has 104 valence electrons. The fourth-order valence-corrected chi connectivity index (χ4v) is 1.58. The van der Waals surface area contributed by atoms with Gasteiger partial charge in [-0.1, -0.05) is 17.7 Å². The van der Waals surface area contributed by atoms with Gasteiger partial charge in [0.25, 0.3) is 5.91 Å². The molecule has 0 heterocycles. The Hall–Kier alpha value is -1.66. The average molecular weight is 289 g/mol. The molecule has 1 rings (SSSR count). The lowest BCUT2D eigenvalue weighted by atomic mass is 10.2. The molecule has 1 aromatic rings. The minimum absolute atomic E-state index is 0.0263. The monoisotopic (exact) mass is 288 g/mol. The van der Waals surface area contributed by atoms with E-state index in [1.54, 1.807) is 6.92 Å². The van der Waals surface area contributed by atoms with Crippen molar-refractivity contribution in [2.24, 2.45) is 0 Å². The zero-order valence-corrected chi connectivity index (χ0v) is 11.0. The molecule has 1 unspecified atom stereocenters. The van der Waals surface area contributed by atoms with E-state index in [1.165, 1.54) is 12.1 Å². The fourth-order valence-electron chi connectivity index (χ4n) is 1.34. The van der Waals surface area contributed by atoms with Gasteiger partial charge in [0.1, 0.15) is 5.82 Å². The lowest BCUT2D eigenvalue weighted by molar-refractivity contribution is -0.121. The largest absolute Gasteiger partial charge is 0.394 e. The van der Waals surface area contributed by atoms with Crippen LogP contribution in [0.25, 0.3) is 0 Å². The topological polar surface area (TPSA) is 78.4 Å². The van der Waals surface area contributed by atoms with Crippen LogP contribution in [0.4, 0.5) is 4.39 Å². The molecule has 0 aliphatic rings. The van der Waals surface area contributed by atoms with E-state index in [0.29, 0.717) is 0 Å². The Labute approximate surface area is 114 Å². The third-order valence-electron chi connectivity index (χ3n) is 2.28. The first-order chi connectivity index (χ1) is 8.95. The van der Waals surface area contributed by atoms with Gasteiger partial charge in [-0.2, -0.15) is 0 Å². The van der Waals surface area contributed by atoms with E-state index >= 15 is 0 Å². The maximum Gasteiger partial charge on any atom is 0.256 e. The summed E-state index contributed by atoms with van der Waals surface area (Å²) in [5, 5.41) is 13.4. The van der Waals surface area contributed by atoms with E-state index < -0.39 is 23.7 Å². The minimum atomic E-state index is -0.769. The summed E-state index contributed by atoms with van der Waals surface area (Å²) in [4.78, 5) is 23.0. The molecular weight excluding hydrogens is 275 g/mol. The van der Waals surface area contributed by atoms with Gasteiger partial charge in [0, 0.05) is 6.04 Å². The van der Waals surface area contributed by atoms with Gasteiger partial charge in [-0.3, -0.25) is 9.59 Å². The second kappa shape index (κ2) is 7.06. The number of rotatable bonds is 5. The van der Waals surface area contributed by atoms with Crippen molar-refractivity contribution in [2.75, 3.05) is 13.2 Å². The molecular formula is C12H14ClFN2O3. The summed E-state index contributed by atoms with van der Waals surface area (Å²) >= 11 is 5.71. The van der Waals surface area contributed by atoms with Crippen molar-refractivity contribution in [3.05, 3.63) is 34.6 Å². The predicted molar refractivity (Wildman–Crippen MR) is 68.4 cm³/mol. The molecule has 0 saturated carbocycles. The van der Waals surface area contributed by atoms with Crippen LogP contribution in [-0.2, 0) is 4.79 Å². The highest BCUT2D eigenvalue weighted by Gasteiger charge is 2.16. The lowest BCUT2D eigenvalue weighted by Gasteiger charge is -2.11. The quantitative estimate of drug-likeness (QED) is 0.746. The van der Waals surface area contributed by atoms with Crippen LogP contribution in [-0.4, -0.2) is 36.1 Å². The summed E-state index contributed by atoms with van der Waals surface area (Å²) in [5.41, 5.74) is -0.299. The van der Waals surface area contributed by atoms with Gasteiger partial charge in [0.15, 0.2) is 0 Å². The molecule has 0 spiro atoms. The first-order valence-electron chi connectivity index (χ1n) is 5.58. The van der Waals surface area contributed by atoms with Gasteiger partial charge >= 0.3 is 0 Å². The van der Waals surface area contributed by atoms with Gasteiger partial charge in [-0.25, -0.2) is 4.39 Å². The van der Waals surface area contributed by atoms with Gasteiger partial charge < -0.3 is 15.7 Å². The summed E-state index contributed by atoms with van der Waals surface area (Å²) in [6.45, 7) is 1.07. The average Bonchev–Trinajstić information content (AvgIpc) is 2.36. The Balaban J connectivity index is 2.59. The van der Waals surface area contributed by atoms with E-state index in [4.69, 9.17) is 16.7 Å². The highest BCUT2D eigenvalue weighted by Crippen LogP contribution is 2.18. The fraction of sp³-hybridized carbons (Fsp3) is 0.333. The van der Waals surface area contributed by atoms with Crippen molar-refractivity contribution >= 4 is 23.4 Å². The third kappa shape index (κ3) is 4.50. The number of benzene rings is 1. The Kier molecular flexibility index (Phi) is 5.72. The number of carbonyl (C=O) groups excluding carboxylic acids is 2. The van der Waals surface area contributed by atoms with Crippen LogP contribution in [0.15, 0.2) is 18.2 Å². The first-order valence-corrected chi connectivity index (χ1v) is 5.96. The van der Waals surface area contributed by atoms with Crippen molar-refractivity contribution < 1.29 is 19.1 Å². The molecule has 7 heteroatoms. The number of nitrogens with one attached hydrogen (secondary N) is 2. The van der Waals surface area contributed by atoms with Crippen LogP contribution in [0.3, 0.4) is 0 Å². The number of aliphatic hydroxyl groups excluding tert-OH is 1. The molecule has 3 N–H and O–H groups in total. The molecule has 0 aromatic heterocycles. The normalized spacial score (nSPS) is 11.8. The van der Waals surface area contributed by atoms with Crippen molar-refractivity contribution in [3.63, 3.8) is 0 Å². The SMILES string of the molecule is CC(CO)NC(=O)CNC(=O)c1c(F)cccc1Cl. The van der Waals surface area contributed by atoms with Crippen molar-refractivity contribution in [3.8, 4) is 0 Å². The highest BCUT2D eigenvalue weighted by molar-refractivity contribution is 6.33. The number of hydrogen-bond acceptors (Lipinski definition) is 3. The standard InChI is InChI=1S/C12H14ClFN2O3/c1-7(6-17)16-10(18)5-15-12(19)11-8(13)3-2-4-9(11)14/h2-4,7,17H,5-6H2,1H3,(H,15,19)(H,16,18). The molecule has 19 heavy (non-hydrogen) atoms. The minimum Gasteiger partial charge on any atom is -0.394 e. The third-order valence-corrected chi connectivity index (χ3v) is 2.60. The van der Waals surface area contributed by atoms with E-state index in [0.717, 1.165) is 6.07 Å². The number of hydrogen-bond donors (Lipinski definition) is 3. The van der Waals surface area contributed by atoms with Crippen LogP contribution in [0.1, 0.15) is 17.3 Å². The molecule has 0 aliphatic carbocycles. The predicted octanol–water partition coefficient (Wildman–Crippen LogP) is 0.706. The van der Waals surface area contributed by atoms with Crippen LogP contribution < -0.4 is 10.6 Å². The number of halogens is 2. The first kappa shape index (κ1) is 15.4. The molecule has 1 aromatic carbocycles. The second-order valence-electron chi connectivity index (χ2n) is 3.93. The van der Waals surface area contributed by atoms with Gasteiger partial charge in [-0.05, 0) is 19.1 Å². The number of carbonyl (C=O) groups is 2. The summed E-state index contributed by atoms with van der Waals surface area (Å²) in [5.74, 6) is -2.01. The summed E-state index contributed by atoms with van der Waals surface area (Å²) in [7, 11) is 0. The van der Waals surface area contributed by atoms with Crippen molar-refractivity contribution in [1.82, 2.24) is 10.6 Å². The second-order valence-corrected chi connectivity index (χ2v) is 4.34. The summed E-state index contributed by atoms with van der Waals surface area (Å²) in [6.07, 6.45) is 0. The van der Waals surface area contributed by atoms with Gasteiger partial charge in [0.2, 0.25) is 5.91 Å². The molecule has 5 nitrogen and oxygen atoms in total. The Morgan fingerprint density at radius 1 is 1.47 bits per heavy atom. The van der Waals surface area contributed by atoms with Gasteiger partial charge in [0.05, 0.1) is 23.7 Å². The van der Waals surface area contributed by atoms with Gasteiger partial charge in [-0.15, -0.1) is 0 Å². The molecule has 0 bridgehead atoms. The maximum absolute atomic E-state index is 13.4. The Morgan fingerprint density at radius 2 is 2.16 bits per heavy atom. The zero-order chi connectivity index (χ0) is 14.4. The van der Waals surface area contributed by atoms with Crippen LogP contribution in [0, 0.1) is 5.82 Å². The van der Waals surface area contributed by atoms with Crippen molar-refractivity contribution in [2.45, 2.75) is 13.0 Å². The zero-order valence-electron chi connectivity index (χ0n) is 10.2. The van der Waals surface area contributed by atoms with E-state index in [1.807, 2.05) is 0 Å². The van der Waals surface area contributed by atoms with E-state index in [2.05, 4.69) is 10.6 Å². The lowest BCUT2D eigenvalue weighted by Crippen LogP contribution is -2.42. The number of amides is 2. The number of aliphatic hydroxyl groups is 1. The smallest absolute Gasteiger partial charge is 0.256 e. The van der Waals surface area contributed by atoms with E-state index in [-0.39, 0.29) is 23.7 Å². The molecule has 0 fully saturated rings. The Bertz CT molecular complexity index is 462. The maximum atomic E-state index is 13.4. The molecule has 0 aliphatic heterocycles. The molecule has 1 atom stereocenters. The summed E-state index contributed by atoms with van der Waals surface area (Å²) < 4.78 is 13.4.